The van der Waals surface area contributed by atoms with Crippen LogP contribution >= 0.6 is 15.9 Å². The molecule has 1 amide bonds. The van der Waals surface area contributed by atoms with Crippen LogP contribution in [0.3, 0.4) is 0 Å². The summed E-state index contributed by atoms with van der Waals surface area (Å²) in [7, 11) is 0. The number of imidazole rings is 1. The van der Waals surface area contributed by atoms with Gasteiger partial charge in [-0.05, 0) is 42.8 Å². The minimum absolute atomic E-state index is 0.0461. The molecule has 2 aromatic rings. The fourth-order valence-electron chi connectivity index (χ4n) is 2.52. The Hall–Kier alpha value is -1.76. The topological polar surface area (TPSA) is 67.4 Å². The number of hydrogen-bond donors (Lipinski definition) is 1. The Morgan fingerprint density at radius 2 is 2.22 bits per heavy atom. The molecule has 1 aliphatic heterocycles. The second-order valence-corrected chi connectivity index (χ2v) is 7.51. The SMILES string of the molecule is CC(C)(C)OC(=O)N1CC[C@H](Oc2cc3nc[nH]c3cc2Br)C1. The van der Waals surface area contributed by atoms with Crippen LogP contribution in [0.5, 0.6) is 5.75 Å². The normalized spacial score (nSPS) is 18.4. The number of hydrogen-bond acceptors (Lipinski definition) is 4. The largest absolute Gasteiger partial charge is 0.487 e. The highest BCUT2D eigenvalue weighted by atomic mass is 79.9. The Labute approximate surface area is 143 Å². The van der Waals surface area contributed by atoms with E-state index in [1.54, 1.807) is 11.2 Å². The Morgan fingerprint density at radius 3 is 2.96 bits per heavy atom. The van der Waals surface area contributed by atoms with E-state index in [1.807, 2.05) is 32.9 Å². The van der Waals surface area contributed by atoms with E-state index >= 15 is 0 Å². The summed E-state index contributed by atoms with van der Waals surface area (Å²) in [5.41, 5.74) is 1.32. The predicted octanol–water partition coefficient (Wildman–Crippen LogP) is 3.71. The molecule has 124 valence electrons. The van der Waals surface area contributed by atoms with Crippen LogP contribution in [0, 0.1) is 0 Å². The van der Waals surface area contributed by atoms with Crippen molar-refractivity contribution < 1.29 is 14.3 Å². The van der Waals surface area contributed by atoms with Crippen molar-refractivity contribution in [2.45, 2.75) is 38.9 Å². The first-order valence-electron chi connectivity index (χ1n) is 7.59. The van der Waals surface area contributed by atoms with Crippen LogP contribution in [0.1, 0.15) is 27.2 Å². The van der Waals surface area contributed by atoms with E-state index in [0.717, 1.165) is 27.7 Å². The number of likely N-dealkylation sites (tertiary alicyclic amines) is 1. The van der Waals surface area contributed by atoms with Gasteiger partial charge in [-0.3, -0.25) is 0 Å². The van der Waals surface area contributed by atoms with Gasteiger partial charge in [-0.15, -0.1) is 0 Å². The Balaban J connectivity index is 1.65. The molecule has 1 aromatic heterocycles. The molecule has 0 saturated carbocycles. The number of aromatic nitrogens is 2. The van der Waals surface area contributed by atoms with E-state index in [1.165, 1.54) is 0 Å². The van der Waals surface area contributed by atoms with Crippen molar-refractivity contribution >= 4 is 33.1 Å². The van der Waals surface area contributed by atoms with Crippen LogP contribution < -0.4 is 4.74 Å². The minimum Gasteiger partial charge on any atom is -0.487 e. The van der Waals surface area contributed by atoms with Gasteiger partial charge in [0.1, 0.15) is 17.5 Å². The number of carbonyl (C=O) groups excluding carboxylic acids is 1. The van der Waals surface area contributed by atoms with E-state index in [4.69, 9.17) is 9.47 Å². The first kappa shape index (κ1) is 16.1. The number of rotatable bonds is 2. The first-order chi connectivity index (χ1) is 10.8. The predicted molar refractivity (Wildman–Crippen MR) is 90.6 cm³/mol. The molecule has 1 aliphatic rings. The average Bonchev–Trinajstić information content (AvgIpc) is 3.06. The Bertz CT molecular complexity index is 723. The first-order valence-corrected chi connectivity index (χ1v) is 8.38. The summed E-state index contributed by atoms with van der Waals surface area (Å²) >= 11 is 3.52. The van der Waals surface area contributed by atoms with E-state index in [9.17, 15) is 4.79 Å². The number of aromatic amines is 1. The van der Waals surface area contributed by atoms with E-state index < -0.39 is 5.60 Å². The van der Waals surface area contributed by atoms with Crippen LogP contribution in [0.2, 0.25) is 0 Å². The number of nitrogens with zero attached hydrogens (tertiary/aromatic N) is 2. The summed E-state index contributed by atoms with van der Waals surface area (Å²) in [6, 6.07) is 3.84. The van der Waals surface area contributed by atoms with Gasteiger partial charge >= 0.3 is 6.09 Å². The lowest BCUT2D eigenvalue weighted by molar-refractivity contribution is 0.0275. The fraction of sp³-hybridized carbons (Fsp3) is 0.500. The Morgan fingerprint density at radius 1 is 1.43 bits per heavy atom. The third kappa shape index (κ3) is 3.77. The standard InChI is InChI=1S/C16H20BrN3O3/c1-16(2,3)23-15(21)20-5-4-10(8-20)22-14-7-13-12(6-11(14)17)18-9-19-13/h6-7,9-10H,4-5,8H2,1-3H3,(H,18,19)/t10-/m0/s1. The van der Waals surface area contributed by atoms with Crippen molar-refractivity contribution in [2.24, 2.45) is 0 Å². The molecule has 0 unspecified atom stereocenters. The second kappa shape index (κ2) is 6.03. The van der Waals surface area contributed by atoms with Gasteiger partial charge in [0.2, 0.25) is 0 Å². The highest BCUT2D eigenvalue weighted by molar-refractivity contribution is 9.10. The minimum atomic E-state index is -0.482. The number of benzene rings is 1. The number of amides is 1. The van der Waals surface area contributed by atoms with Crippen molar-refractivity contribution in [2.75, 3.05) is 13.1 Å². The quantitative estimate of drug-likeness (QED) is 0.860. The number of halogens is 1. The van der Waals surface area contributed by atoms with Crippen molar-refractivity contribution in [3.8, 4) is 5.75 Å². The lowest BCUT2D eigenvalue weighted by Crippen LogP contribution is -2.36. The summed E-state index contributed by atoms with van der Waals surface area (Å²) in [5, 5.41) is 0. The fourth-order valence-corrected chi connectivity index (χ4v) is 2.96. The molecule has 2 heterocycles. The van der Waals surface area contributed by atoms with Gasteiger partial charge < -0.3 is 19.4 Å². The molecule has 1 N–H and O–H groups in total. The maximum Gasteiger partial charge on any atom is 0.410 e. The number of nitrogens with one attached hydrogen (secondary N) is 1. The number of carbonyl (C=O) groups is 1. The van der Waals surface area contributed by atoms with Gasteiger partial charge in [0.15, 0.2) is 0 Å². The summed E-state index contributed by atoms with van der Waals surface area (Å²) in [4.78, 5) is 21.1. The van der Waals surface area contributed by atoms with E-state index in [-0.39, 0.29) is 12.2 Å². The summed E-state index contributed by atoms with van der Waals surface area (Å²) in [6.07, 6.45) is 2.10. The van der Waals surface area contributed by atoms with Crippen LogP contribution in [0.15, 0.2) is 22.9 Å². The number of H-pyrrole nitrogens is 1. The van der Waals surface area contributed by atoms with Gasteiger partial charge in [0.25, 0.3) is 0 Å². The molecule has 1 aromatic carbocycles. The Kier molecular flexibility index (Phi) is 4.23. The molecule has 23 heavy (non-hydrogen) atoms. The lowest BCUT2D eigenvalue weighted by Gasteiger charge is -2.24. The van der Waals surface area contributed by atoms with Crippen LogP contribution in [-0.2, 0) is 4.74 Å². The molecular weight excluding hydrogens is 362 g/mol. The highest BCUT2D eigenvalue weighted by Crippen LogP contribution is 2.31. The molecule has 3 rings (SSSR count). The molecule has 0 aliphatic carbocycles. The molecule has 0 spiro atoms. The monoisotopic (exact) mass is 381 g/mol. The third-order valence-electron chi connectivity index (χ3n) is 3.56. The summed E-state index contributed by atoms with van der Waals surface area (Å²) in [5.74, 6) is 0.737. The molecule has 6 nitrogen and oxygen atoms in total. The van der Waals surface area contributed by atoms with Crippen LogP contribution in [-0.4, -0.2) is 45.8 Å². The third-order valence-corrected chi connectivity index (χ3v) is 4.18. The molecule has 1 saturated heterocycles. The zero-order chi connectivity index (χ0) is 16.6. The zero-order valence-electron chi connectivity index (χ0n) is 13.4. The lowest BCUT2D eigenvalue weighted by atomic mass is 10.2. The van der Waals surface area contributed by atoms with Gasteiger partial charge in [-0.1, -0.05) is 0 Å². The van der Waals surface area contributed by atoms with Gasteiger partial charge in [-0.25, -0.2) is 9.78 Å². The maximum atomic E-state index is 12.1. The van der Waals surface area contributed by atoms with E-state index in [0.29, 0.717) is 13.1 Å². The summed E-state index contributed by atoms with van der Waals surface area (Å²) in [6.45, 7) is 6.77. The van der Waals surface area contributed by atoms with Gasteiger partial charge in [0, 0.05) is 19.0 Å². The van der Waals surface area contributed by atoms with Gasteiger partial charge in [-0.2, -0.15) is 0 Å². The van der Waals surface area contributed by atoms with Gasteiger partial charge in [0.05, 0.1) is 28.4 Å². The highest BCUT2D eigenvalue weighted by Gasteiger charge is 2.31. The average molecular weight is 382 g/mol. The van der Waals surface area contributed by atoms with Crippen LogP contribution in [0.4, 0.5) is 4.79 Å². The smallest absolute Gasteiger partial charge is 0.410 e. The number of fused-ring (bicyclic) bond motifs is 1. The van der Waals surface area contributed by atoms with E-state index in [2.05, 4.69) is 25.9 Å². The van der Waals surface area contributed by atoms with Crippen molar-refractivity contribution in [1.29, 1.82) is 0 Å². The molecular formula is C16H20BrN3O3. The number of ether oxygens (including phenoxy) is 2. The molecule has 0 bridgehead atoms. The van der Waals surface area contributed by atoms with Crippen molar-refractivity contribution in [3.05, 3.63) is 22.9 Å². The maximum absolute atomic E-state index is 12.1. The van der Waals surface area contributed by atoms with Crippen molar-refractivity contribution in [1.82, 2.24) is 14.9 Å². The molecule has 7 heteroatoms. The second-order valence-electron chi connectivity index (χ2n) is 6.66. The molecule has 0 radical (unpaired) electrons. The summed E-state index contributed by atoms with van der Waals surface area (Å²) < 4.78 is 12.3. The zero-order valence-corrected chi connectivity index (χ0v) is 15.0. The van der Waals surface area contributed by atoms with Crippen LogP contribution in [0.25, 0.3) is 11.0 Å². The molecule has 1 atom stereocenters. The molecule has 1 fully saturated rings. The van der Waals surface area contributed by atoms with Crippen molar-refractivity contribution in [3.63, 3.8) is 0 Å².